The normalized spacial score (nSPS) is 19.6. The Bertz CT molecular complexity index is 1060. The molecule has 1 aromatic carbocycles. The van der Waals surface area contributed by atoms with Crippen molar-refractivity contribution in [2.45, 2.75) is 45.1 Å². The van der Waals surface area contributed by atoms with Crippen LogP contribution in [0.1, 0.15) is 48.3 Å². The van der Waals surface area contributed by atoms with Crippen molar-refractivity contribution in [1.29, 1.82) is 0 Å². The Morgan fingerprint density at radius 3 is 2.79 bits per heavy atom. The summed E-state index contributed by atoms with van der Waals surface area (Å²) in [6.07, 6.45) is 5.72. The predicted octanol–water partition coefficient (Wildman–Crippen LogP) is 2.89. The van der Waals surface area contributed by atoms with Gasteiger partial charge in [0.15, 0.2) is 5.69 Å². The number of hydrogen-bond donors (Lipinski definition) is 2. The van der Waals surface area contributed by atoms with Gasteiger partial charge in [0.1, 0.15) is 0 Å². The number of nitrogens with one attached hydrogen (secondary N) is 1. The zero-order chi connectivity index (χ0) is 20.4. The first-order valence-electron chi connectivity index (χ1n) is 9.86. The largest absolute Gasteiger partial charge is 0.481 e. The predicted molar refractivity (Wildman–Crippen MR) is 107 cm³/mol. The Morgan fingerprint density at radius 2 is 1.97 bits per heavy atom. The molecule has 29 heavy (non-hydrogen) atoms. The molecule has 1 aliphatic carbocycles. The Hall–Kier alpha value is -3.29. The lowest BCUT2D eigenvalue weighted by Gasteiger charge is -2.22. The molecule has 4 rings (SSSR count). The molecule has 1 fully saturated rings. The number of carboxylic acid groups (broad SMARTS) is 1. The molecule has 8 nitrogen and oxygen atoms in total. The van der Waals surface area contributed by atoms with Crippen LogP contribution in [0.4, 0.5) is 0 Å². The molecule has 1 aliphatic rings. The third-order valence-corrected chi connectivity index (χ3v) is 5.61. The van der Waals surface area contributed by atoms with E-state index in [2.05, 4.69) is 20.6 Å². The highest BCUT2D eigenvalue weighted by Gasteiger charge is 2.32. The molecular formula is C21H23N5O3. The van der Waals surface area contributed by atoms with Crippen LogP contribution in [0.5, 0.6) is 0 Å². The molecule has 3 aromatic rings. The number of carboxylic acids is 1. The summed E-state index contributed by atoms with van der Waals surface area (Å²) in [5, 5.41) is 21.6. The van der Waals surface area contributed by atoms with E-state index in [9.17, 15) is 14.7 Å². The molecular weight excluding hydrogens is 370 g/mol. The van der Waals surface area contributed by atoms with E-state index in [1.165, 1.54) is 0 Å². The van der Waals surface area contributed by atoms with Crippen LogP contribution in [0.15, 0.2) is 36.5 Å². The smallest absolute Gasteiger partial charge is 0.308 e. The van der Waals surface area contributed by atoms with Crippen LogP contribution >= 0.6 is 0 Å². The number of benzene rings is 1. The molecule has 2 N–H and O–H groups in total. The number of rotatable bonds is 4. The lowest BCUT2D eigenvalue weighted by Crippen LogP contribution is -2.43. The van der Waals surface area contributed by atoms with Gasteiger partial charge >= 0.3 is 5.97 Å². The van der Waals surface area contributed by atoms with Gasteiger partial charge in [-0.1, -0.05) is 30.5 Å². The van der Waals surface area contributed by atoms with Gasteiger partial charge in [-0.05, 0) is 44.0 Å². The first-order chi connectivity index (χ1) is 14.1. The van der Waals surface area contributed by atoms with Crippen molar-refractivity contribution in [2.75, 3.05) is 0 Å². The summed E-state index contributed by atoms with van der Waals surface area (Å²) in [5.41, 5.74) is 2.42. The van der Waals surface area contributed by atoms with Crippen LogP contribution in [0.3, 0.4) is 0 Å². The van der Waals surface area contributed by atoms with Crippen molar-refractivity contribution >= 4 is 22.8 Å². The number of hydrogen-bond acceptors (Lipinski definition) is 5. The fraction of sp³-hybridized carbons (Fsp3) is 0.381. The lowest BCUT2D eigenvalue weighted by molar-refractivity contribution is -0.142. The third kappa shape index (κ3) is 3.70. The van der Waals surface area contributed by atoms with Crippen molar-refractivity contribution in [2.24, 2.45) is 5.92 Å². The number of aliphatic carboxylic acids is 1. The maximum Gasteiger partial charge on any atom is 0.308 e. The molecule has 0 unspecified atom stereocenters. The van der Waals surface area contributed by atoms with Crippen LogP contribution in [-0.2, 0) is 4.79 Å². The van der Waals surface area contributed by atoms with Crippen molar-refractivity contribution < 1.29 is 14.7 Å². The van der Waals surface area contributed by atoms with E-state index in [-0.39, 0.29) is 11.6 Å². The number of nitrogens with zero attached hydrogens (tertiary/aromatic N) is 4. The van der Waals surface area contributed by atoms with Crippen LogP contribution < -0.4 is 5.32 Å². The van der Waals surface area contributed by atoms with Crippen molar-refractivity contribution in [3.05, 3.63) is 47.9 Å². The highest BCUT2D eigenvalue weighted by atomic mass is 16.4. The minimum absolute atomic E-state index is 0.208. The zero-order valence-electron chi connectivity index (χ0n) is 16.2. The number of amides is 1. The van der Waals surface area contributed by atoms with Crippen molar-refractivity contribution in [3.8, 4) is 5.69 Å². The van der Waals surface area contributed by atoms with Crippen molar-refractivity contribution in [3.63, 3.8) is 0 Å². The molecule has 2 aromatic heterocycles. The van der Waals surface area contributed by atoms with E-state index in [1.807, 2.05) is 30.3 Å². The van der Waals surface area contributed by atoms with Gasteiger partial charge in [0.2, 0.25) is 0 Å². The van der Waals surface area contributed by atoms with Gasteiger partial charge < -0.3 is 10.4 Å². The highest BCUT2D eigenvalue weighted by molar-refractivity contribution is 5.94. The van der Waals surface area contributed by atoms with Crippen molar-refractivity contribution in [1.82, 2.24) is 25.3 Å². The monoisotopic (exact) mass is 393 g/mol. The van der Waals surface area contributed by atoms with Crippen LogP contribution in [0, 0.1) is 12.8 Å². The molecule has 1 amide bonds. The third-order valence-electron chi connectivity index (χ3n) is 5.61. The second kappa shape index (κ2) is 7.98. The maximum atomic E-state index is 12.9. The Balaban J connectivity index is 1.62. The Morgan fingerprint density at radius 1 is 1.14 bits per heavy atom. The lowest BCUT2D eigenvalue weighted by atomic mass is 9.94. The standard InChI is InChI=1S/C21H23N5O3/c1-13-19(20(27)23-17-9-4-2-3-7-15(17)21(28)29)24-25-26(13)18-11-5-10-16-14(18)8-6-12-22-16/h5-6,8,10-12,15,17H,2-4,7,9H2,1H3,(H,23,27)(H,28,29)/t15-,17+/m1/s1. The van der Waals surface area contributed by atoms with E-state index in [4.69, 9.17) is 0 Å². The molecule has 150 valence electrons. The SMILES string of the molecule is Cc1c(C(=O)N[C@H]2CCCCC[C@H]2C(=O)O)nnn1-c1cccc2ncccc12. The second-order valence-corrected chi connectivity index (χ2v) is 7.45. The quantitative estimate of drug-likeness (QED) is 0.660. The number of carbonyl (C=O) groups excluding carboxylic acids is 1. The van der Waals surface area contributed by atoms with Gasteiger partial charge in [0.25, 0.3) is 5.91 Å². The molecule has 8 heteroatoms. The van der Waals surface area contributed by atoms with Gasteiger partial charge in [-0.15, -0.1) is 5.10 Å². The summed E-state index contributed by atoms with van der Waals surface area (Å²) >= 11 is 0. The second-order valence-electron chi connectivity index (χ2n) is 7.45. The Kier molecular flexibility index (Phi) is 5.24. The number of fused-ring (bicyclic) bond motifs is 1. The minimum Gasteiger partial charge on any atom is -0.481 e. The van der Waals surface area contributed by atoms with Gasteiger partial charge in [0, 0.05) is 17.6 Å². The number of carbonyl (C=O) groups is 2. The summed E-state index contributed by atoms with van der Waals surface area (Å²) in [7, 11) is 0. The summed E-state index contributed by atoms with van der Waals surface area (Å²) in [6.45, 7) is 1.78. The number of pyridine rings is 1. The van der Waals surface area contributed by atoms with E-state index < -0.39 is 17.9 Å². The van der Waals surface area contributed by atoms with Crippen LogP contribution in [-0.4, -0.2) is 43.0 Å². The summed E-state index contributed by atoms with van der Waals surface area (Å²) in [4.78, 5) is 28.9. The van der Waals surface area contributed by atoms with E-state index >= 15 is 0 Å². The Labute approximate surface area is 167 Å². The molecule has 1 saturated carbocycles. The summed E-state index contributed by atoms with van der Waals surface area (Å²) in [6, 6.07) is 9.10. The zero-order valence-corrected chi connectivity index (χ0v) is 16.2. The van der Waals surface area contributed by atoms with Gasteiger partial charge in [-0.25, -0.2) is 4.68 Å². The maximum absolute atomic E-state index is 12.9. The highest BCUT2D eigenvalue weighted by Crippen LogP contribution is 2.25. The average molecular weight is 393 g/mol. The molecule has 0 aliphatic heterocycles. The molecule has 2 atom stereocenters. The molecule has 0 saturated heterocycles. The number of aromatic nitrogens is 4. The van der Waals surface area contributed by atoms with Gasteiger partial charge in [-0.2, -0.15) is 0 Å². The first kappa shape index (κ1) is 19.0. The first-order valence-corrected chi connectivity index (χ1v) is 9.86. The van der Waals surface area contributed by atoms with E-state index in [0.29, 0.717) is 18.5 Å². The minimum atomic E-state index is -0.860. The van der Waals surface area contributed by atoms with E-state index in [0.717, 1.165) is 35.9 Å². The molecule has 0 radical (unpaired) electrons. The van der Waals surface area contributed by atoms with Crippen LogP contribution in [0.2, 0.25) is 0 Å². The van der Waals surface area contributed by atoms with Crippen LogP contribution in [0.25, 0.3) is 16.6 Å². The fourth-order valence-corrected chi connectivity index (χ4v) is 4.05. The summed E-state index contributed by atoms with van der Waals surface area (Å²) < 4.78 is 1.63. The summed E-state index contributed by atoms with van der Waals surface area (Å²) in [5.74, 6) is -1.81. The molecule has 2 heterocycles. The molecule has 0 bridgehead atoms. The average Bonchev–Trinajstić information content (AvgIpc) is 2.94. The van der Waals surface area contributed by atoms with Gasteiger partial charge in [0.05, 0.1) is 22.8 Å². The fourth-order valence-electron chi connectivity index (χ4n) is 4.05. The van der Waals surface area contributed by atoms with Gasteiger partial charge in [-0.3, -0.25) is 14.6 Å². The van der Waals surface area contributed by atoms with E-state index in [1.54, 1.807) is 17.8 Å². The topological polar surface area (TPSA) is 110 Å². The molecule has 0 spiro atoms.